The topological polar surface area (TPSA) is 135 Å². The highest BCUT2D eigenvalue weighted by atomic mass is 32.1. The van der Waals surface area contributed by atoms with Gasteiger partial charge in [0.05, 0.1) is 28.2 Å². The smallest absolute Gasteiger partial charge is 0.405 e. The molecule has 2 unspecified atom stereocenters. The number of carbonyl (C=O) groups is 3. The van der Waals surface area contributed by atoms with E-state index < -0.39 is 35.7 Å². The van der Waals surface area contributed by atoms with E-state index in [-0.39, 0.29) is 24.9 Å². The minimum atomic E-state index is -1.18. The molecule has 9 nitrogen and oxygen atoms in total. The van der Waals surface area contributed by atoms with Gasteiger partial charge in [-0.15, -0.1) is 11.3 Å². The molecule has 1 aromatic heterocycles. The number of rotatable bonds is 6. The first kappa shape index (κ1) is 25.6. The Morgan fingerprint density at radius 1 is 1.26 bits per heavy atom. The lowest BCUT2D eigenvalue weighted by molar-refractivity contribution is -0.150. The number of primary amides is 1. The molecule has 1 saturated heterocycles. The second-order valence-electron chi connectivity index (χ2n) is 9.70. The summed E-state index contributed by atoms with van der Waals surface area (Å²) in [4.78, 5) is 44.4. The summed E-state index contributed by atoms with van der Waals surface area (Å²) in [5.74, 6) is -0.938. The number of aromatic nitrogens is 1. The number of thiazole rings is 1. The van der Waals surface area contributed by atoms with Gasteiger partial charge in [-0.05, 0) is 25.0 Å². The van der Waals surface area contributed by atoms with Crippen LogP contribution in [0.15, 0.2) is 29.8 Å². The number of nitrogens with two attached hydrogens (primary N) is 1. The van der Waals surface area contributed by atoms with Crippen molar-refractivity contribution in [2.45, 2.75) is 65.3 Å². The molecule has 1 fully saturated rings. The number of hydrogen-bond donors (Lipinski definition) is 3. The summed E-state index contributed by atoms with van der Waals surface area (Å²) in [7, 11) is 0. The maximum Gasteiger partial charge on any atom is 0.405 e. The van der Waals surface area contributed by atoms with Crippen LogP contribution in [0.4, 0.5) is 4.79 Å². The number of benzene rings is 1. The molecule has 1 aliphatic rings. The van der Waals surface area contributed by atoms with Crippen LogP contribution in [0.2, 0.25) is 0 Å². The third-order valence-electron chi connectivity index (χ3n) is 5.89. The van der Waals surface area contributed by atoms with Crippen LogP contribution >= 0.6 is 11.3 Å². The van der Waals surface area contributed by atoms with Gasteiger partial charge >= 0.3 is 6.09 Å². The first-order valence-electron chi connectivity index (χ1n) is 11.1. The molecule has 0 aliphatic carbocycles. The van der Waals surface area contributed by atoms with Crippen molar-refractivity contribution >= 4 is 29.2 Å². The first-order valence-corrected chi connectivity index (χ1v) is 12.0. The Labute approximate surface area is 203 Å². The van der Waals surface area contributed by atoms with Gasteiger partial charge in [-0.25, -0.2) is 9.78 Å². The highest BCUT2D eigenvalue weighted by Gasteiger charge is 2.45. The van der Waals surface area contributed by atoms with Crippen molar-refractivity contribution in [2.75, 3.05) is 6.54 Å². The number of aliphatic hydroxyl groups excluding tert-OH is 1. The van der Waals surface area contributed by atoms with Gasteiger partial charge in [0.15, 0.2) is 6.10 Å². The van der Waals surface area contributed by atoms with E-state index in [1.807, 2.05) is 43.6 Å². The normalized spacial score (nSPS) is 20.0. The molecule has 4 atom stereocenters. The number of carbonyl (C=O) groups excluding carboxylic acids is 3. The van der Waals surface area contributed by atoms with E-state index in [1.54, 1.807) is 32.1 Å². The summed E-state index contributed by atoms with van der Waals surface area (Å²) in [6.45, 7) is 9.00. The van der Waals surface area contributed by atoms with Crippen LogP contribution < -0.4 is 11.1 Å². The number of amides is 3. The highest BCUT2D eigenvalue weighted by Crippen LogP contribution is 2.30. The predicted molar refractivity (Wildman–Crippen MR) is 129 cm³/mol. The molecular formula is C24H32N4O5S. The van der Waals surface area contributed by atoms with Crippen LogP contribution in [-0.4, -0.2) is 57.7 Å². The Hall–Kier alpha value is -2.98. The van der Waals surface area contributed by atoms with E-state index in [2.05, 4.69) is 10.3 Å². The summed E-state index contributed by atoms with van der Waals surface area (Å²) in [6.07, 6.45) is -3.00. The van der Waals surface area contributed by atoms with Gasteiger partial charge in [-0.1, -0.05) is 45.0 Å². The molecule has 2 aromatic rings. The molecule has 1 aliphatic heterocycles. The van der Waals surface area contributed by atoms with E-state index in [1.165, 1.54) is 4.90 Å². The zero-order chi connectivity index (χ0) is 25.2. The van der Waals surface area contributed by atoms with Gasteiger partial charge in [-0.3, -0.25) is 9.59 Å². The Balaban J connectivity index is 1.72. The summed E-state index contributed by atoms with van der Waals surface area (Å²) < 4.78 is 5.08. The summed E-state index contributed by atoms with van der Waals surface area (Å²) in [6, 6.07) is 6.67. The van der Waals surface area contributed by atoms with Crippen LogP contribution in [0, 0.1) is 12.3 Å². The first-order chi connectivity index (χ1) is 15.9. The monoisotopic (exact) mass is 488 g/mol. The van der Waals surface area contributed by atoms with Crippen molar-refractivity contribution in [2.24, 2.45) is 11.1 Å². The van der Waals surface area contributed by atoms with Gasteiger partial charge in [0.2, 0.25) is 5.91 Å². The lowest BCUT2D eigenvalue weighted by Gasteiger charge is -2.34. The number of likely N-dealkylation sites (tertiary alicyclic amines) is 1. The Kier molecular flexibility index (Phi) is 7.62. The fourth-order valence-corrected chi connectivity index (χ4v) is 4.88. The second-order valence-corrected chi connectivity index (χ2v) is 10.6. The maximum atomic E-state index is 13.2. The molecule has 0 spiro atoms. The maximum absolute atomic E-state index is 13.2. The quantitative estimate of drug-likeness (QED) is 0.572. The average molecular weight is 489 g/mol. The summed E-state index contributed by atoms with van der Waals surface area (Å²) in [5.41, 5.74) is 9.16. The Morgan fingerprint density at radius 2 is 1.91 bits per heavy atom. The largest absolute Gasteiger partial charge is 0.436 e. The van der Waals surface area contributed by atoms with Crippen LogP contribution in [0.25, 0.3) is 10.4 Å². The lowest BCUT2D eigenvalue weighted by atomic mass is 9.88. The number of nitrogens with zero attached hydrogens (tertiary/aromatic N) is 2. The Bertz CT molecular complexity index is 1050. The third-order valence-corrected chi connectivity index (χ3v) is 6.86. The van der Waals surface area contributed by atoms with E-state index in [4.69, 9.17) is 10.5 Å². The fraction of sp³-hybridized carbons (Fsp3) is 0.500. The molecule has 1 aromatic carbocycles. The van der Waals surface area contributed by atoms with Crippen molar-refractivity contribution < 1.29 is 24.2 Å². The van der Waals surface area contributed by atoms with Crippen molar-refractivity contribution in [1.29, 1.82) is 0 Å². The van der Waals surface area contributed by atoms with Crippen LogP contribution in [0.5, 0.6) is 0 Å². The van der Waals surface area contributed by atoms with Gasteiger partial charge in [0, 0.05) is 18.4 Å². The molecule has 3 amide bonds. The van der Waals surface area contributed by atoms with Crippen molar-refractivity contribution in [3.8, 4) is 10.4 Å². The Morgan fingerprint density at radius 3 is 2.44 bits per heavy atom. The van der Waals surface area contributed by atoms with Crippen LogP contribution in [0.3, 0.4) is 0 Å². The highest BCUT2D eigenvalue weighted by molar-refractivity contribution is 7.13. The van der Waals surface area contributed by atoms with E-state index in [0.29, 0.717) is 0 Å². The molecular weight excluding hydrogens is 456 g/mol. The van der Waals surface area contributed by atoms with Crippen molar-refractivity contribution in [3.05, 3.63) is 41.0 Å². The molecule has 0 radical (unpaired) electrons. The predicted octanol–water partition coefficient (Wildman–Crippen LogP) is 2.77. The second kappa shape index (κ2) is 10.1. The fourth-order valence-electron chi connectivity index (χ4n) is 4.07. The van der Waals surface area contributed by atoms with Crippen molar-refractivity contribution in [3.63, 3.8) is 0 Å². The number of β-amino-alcohol motifs (C(OH)–C–C–N with tert-alkyl or cyclic N) is 1. The number of ether oxygens (including phenoxy) is 1. The standard InChI is InChI=1S/C24H32N4O5S/c1-13(15-6-8-16(9-7-15)19-14(2)26-12-34-19)27-21(30)18-10-17(29)11-28(18)22(31)20(24(3,4)5)33-23(25)32/h6-9,12-13,17-18,20,29H,10-11H2,1-5H3,(H2,25,32)(H,27,30)/t13?,17-,18+,20?/m1/s1. The number of aryl methyl sites for hydroxylation is 1. The zero-order valence-electron chi connectivity index (χ0n) is 20.1. The van der Waals surface area contributed by atoms with Gasteiger partial charge < -0.3 is 25.8 Å². The molecule has 0 saturated carbocycles. The van der Waals surface area contributed by atoms with E-state index >= 15 is 0 Å². The number of nitrogens with one attached hydrogen (secondary N) is 1. The molecule has 3 rings (SSSR count). The molecule has 34 heavy (non-hydrogen) atoms. The third kappa shape index (κ3) is 5.74. The van der Waals surface area contributed by atoms with Crippen LogP contribution in [-0.2, 0) is 14.3 Å². The van der Waals surface area contributed by atoms with Gasteiger partial charge in [0.1, 0.15) is 6.04 Å². The average Bonchev–Trinajstić information content (AvgIpc) is 3.36. The molecule has 10 heteroatoms. The minimum absolute atomic E-state index is 0.0249. The van der Waals surface area contributed by atoms with Crippen LogP contribution in [0.1, 0.15) is 51.4 Å². The van der Waals surface area contributed by atoms with E-state index in [9.17, 15) is 19.5 Å². The van der Waals surface area contributed by atoms with Gasteiger partial charge in [-0.2, -0.15) is 0 Å². The van der Waals surface area contributed by atoms with E-state index in [0.717, 1.165) is 21.7 Å². The lowest BCUT2D eigenvalue weighted by Crippen LogP contribution is -2.53. The zero-order valence-corrected chi connectivity index (χ0v) is 20.9. The molecule has 4 N–H and O–H groups in total. The number of aliphatic hydroxyl groups is 1. The summed E-state index contributed by atoms with van der Waals surface area (Å²) in [5, 5.41) is 13.2. The van der Waals surface area contributed by atoms with Gasteiger partial charge in [0.25, 0.3) is 5.91 Å². The molecule has 0 bridgehead atoms. The summed E-state index contributed by atoms with van der Waals surface area (Å²) >= 11 is 1.57. The minimum Gasteiger partial charge on any atom is -0.436 e. The SMILES string of the molecule is Cc1ncsc1-c1ccc(C(C)NC(=O)[C@@H]2C[C@@H](O)CN2C(=O)C(OC(N)=O)C(C)(C)C)cc1. The number of hydrogen-bond acceptors (Lipinski definition) is 7. The molecule has 184 valence electrons. The molecule has 2 heterocycles. The van der Waals surface area contributed by atoms with Crippen molar-refractivity contribution in [1.82, 2.24) is 15.2 Å².